The summed E-state index contributed by atoms with van der Waals surface area (Å²) in [4.78, 5) is 16.6. The van der Waals surface area contributed by atoms with Crippen molar-refractivity contribution in [2.75, 3.05) is 13.7 Å². The Bertz CT molecular complexity index is 986. The van der Waals surface area contributed by atoms with Gasteiger partial charge < -0.3 is 19.4 Å². The molecule has 1 aliphatic heterocycles. The molecule has 32 heavy (non-hydrogen) atoms. The van der Waals surface area contributed by atoms with Crippen LogP contribution >= 0.6 is 0 Å². The molecular formula is C26H35N3O3. The van der Waals surface area contributed by atoms with Crippen LogP contribution in [0.2, 0.25) is 0 Å². The number of benzene rings is 1. The number of nitrogens with one attached hydrogen (secondary N) is 1. The van der Waals surface area contributed by atoms with Gasteiger partial charge in [-0.1, -0.05) is 26.8 Å². The van der Waals surface area contributed by atoms with E-state index in [2.05, 4.69) is 46.9 Å². The second-order valence-electron chi connectivity index (χ2n) is 10.5. The van der Waals surface area contributed by atoms with Gasteiger partial charge in [-0.05, 0) is 59.6 Å². The van der Waals surface area contributed by atoms with Gasteiger partial charge in [0.25, 0.3) is 0 Å². The zero-order valence-corrected chi connectivity index (χ0v) is 19.6. The molecule has 1 N–H and O–H groups in total. The van der Waals surface area contributed by atoms with Gasteiger partial charge in [-0.3, -0.25) is 4.79 Å². The third kappa shape index (κ3) is 3.26. The zero-order valence-electron chi connectivity index (χ0n) is 19.6. The lowest BCUT2D eigenvalue weighted by Gasteiger charge is -2.53. The molecule has 172 valence electrons. The summed E-state index contributed by atoms with van der Waals surface area (Å²) >= 11 is 0. The molecule has 1 spiro atoms. The molecule has 2 saturated carbocycles. The van der Waals surface area contributed by atoms with E-state index in [4.69, 9.17) is 9.47 Å². The van der Waals surface area contributed by atoms with Gasteiger partial charge in [-0.2, -0.15) is 0 Å². The first kappa shape index (κ1) is 21.5. The van der Waals surface area contributed by atoms with Crippen LogP contribution in [0.4, 0.5) is 0 Å². The number of nitrogens with zero attached hydrogens (tertiary/aromatic N) is 2. The van der Waals surface area contributed by atoms with Crippen LogP contribution in [0.3, 0.4) is 0 Å². The van der Waals surface area contributed by atoms with Crippen LogP contribution in [0.5, 0.6) is 5.75 Å². The van der Waals surface area contributed by atoms with E-state index < -0.39 is 0 Å². The molecule has 1 amide bonds. The predicted octanol–water partition coefficient (Wildman–Crippen LogP) is 4.35. The van der Waals surface area contributed by atoms with Crippen molar-refractivity contribution >= 4 is 5.91 Å². The van der Waals surface area contributed by atoms with Gasteiger partial charge in [0.2, 0.25) is 5.91 Å². The highest BCUT2D eigenvalue weighted by Gasteiger charge is 2.68. The standard InChI is InChI=1S/C26H35N3O3/c1-5-22(30)28-24-25(2,3)19-13-20-23(32-11-8-26(20,24)14-19)17-6-7-21(31-4)18(12-17)15-29-10-9-27-16-29/h6-7,9-10,12,16,19-20,23-24H,5,8,11,13-15H2,1-4H3,(H,28,30)/t19-,20-,23-,24+,26-/m1/s1. The van der Waals surface area contributed by atoms with Crippen molar-refractivity contribution in [1.82, 2.24) is 14.9 Å². The number of methoxy groups -OCH3 is 1. The Morgan fingerprint density at radius 1 is 1.38 bits per heavy atom. The second-order valence-corrected chi connectivity index (χ2v) is 10.5. The largest absolute Gasteiger partial charge is 0.496 e. The summed E-state index contributed by atoms with van der Waals surface area (Å²) in [5.74, 6) is 2.09. The van der Waals surface area contributed by atoms with Gasteiger partial charge >= 0.3 is 0 Å². The van der Waals surface area contributed by atoms with E-state index >= 15 is 0 Å². The molecule has 2 aromatic rings. The first-order valence-corrected chi connectivity index (χ1v) is 11.9. The molecule has 1 saturated heterocycles. The van der Waals surface area contributed by atoms with E-state index in [0.717, 1.165) is 24.3 Å². The van der Waals surface area contributed by atoms with Gasteiger partial charge in [0.1, 0.15) is 5.75 Å². The third-order valence-electron chi connectivity index (χ3n) is 8.68. The van der Waals surface area contributed by atoms with E-state index in [9.17, 15) is 4.79 Å². The molecule has 0 radical (unpaired) electrons. The lowest BCUT2D eigenvalue weighted by atomic mass is 9.58. The summed E-state index contributed by atoms with van der Waals surface area (Å²) in [6.45, 7) is 8.10. The van der Waals surface area contributed by atoms with Crippen molar-refractivity contribution in [3.05, 3.63) is 48.0 Å². The first-order valence-electron chi connectivity index (χ1n) is 11.9. The summed E-state index contributed by atoms with van der Waals surface area (Å²) in [5, 5.41) is 3.45. The van der Waals surface area contributed by atoms with Crippen molar-refractivity contribution in [1.29, 1.82) is 0 Å². The molecule has 6 nitrogen and oxygen atoms in total. The quantitative estimate of drug-likeness (QED) is 0.730. The highest BCUT2D eigenvalue weighted by molar-refractivity contribution is 5.76. The minimum absolute atomic E-state index is 0.0540. The average molecular weight is 438 g/mol. The third-order valence-corrected chi connectivity index (χ3v) is 8.68. The maximum Gasteiger partial charge on any atom is 0.219 e. The number of imidazole rings is 1. The van der Waals surface area contributed by atoms with Crippen LogP contribution in [-0.2, 0) is 16.1 Å². The Morgan fingerprint density at radius 3 is 2.94 bits per heavy atom. The van der Waals surface area contributed by atoms with Crippen LogP contribution in [0.15, 0.2) is 36.9 Å². The number of hydrogen-bond acceptors (Lipinski definition) is 4. The van der Waals surface area contributed by atoms with Gasteiger partial charge in [0.05, 0.1) is 26.1 Å². The van der Waals surface area contributed by atoms with Crippen LogP contribution in [0.25, 0.3) is 0 Å². The zero-order chi connectivity index (χ0) is 22.5. The molecular weight excluding hydrogens is 402 g/mol. The van der Waals surface area contributed by atoms with E-state index in [1.807, 2.05) is 19.4 Å². The molecule has 3 fully saturated rings. The number of amides is 1. The highest BCUT2D eigenvalue weighted by atomic mass is 16.5. The van der Waals surface area contributed by atoms with E-state index in [1.165, 1.54) is 18.4 Å². The molecule has 2 aliphatic carbocycles. The lowest BCUT2D eigenvalue weighted by molar-refractivity contribution is -0.137. The SMILES string of the molecule is CCC(=O)N[C@H]1C(C)(C)[C@@H]2C[C@@H]3[C@@H](c4ccc(OC)c(Cn5ccnc5)c4)OCC[C@@]31C2. The van der Waals surface area contributed by atoms with Gasteiger partial charge in [0, 0.05) is 37.0 Å². The minimum atomic E-state index is 0.0540. The Kier molecular flexibility index (Phi) is 5.31. The molecule has 0 unspecified atom stereocenters. The average Bonchev–Trinajstić information content (AvgIpc) is 3.48. The molecule has 3 aliphatic rings. The van der Waals surface area contributed by atoms with Crippen molar-refractivity contribution in [2.45, 2.75) is 65.1 Å². The summed E-state index contributed by atoms with van der Waals surface area (Å²) in [6.07, 6.45) is 9.57. The summed E-state index contributed by atoms with van der Waals surface area (Å²) < 4.78 is 14.2. The maximum absolute atomic E-state index is 12.5. The first-order chi connectivity index (χ1) is 15.4. The number of ether oxygens (including phenoxy) is 2. The number of rotatable bonds is 6. The van der Waals surface area contributed by atoms with Crippen molar-refractivity contribution in [3.63, 3.8) is 0 Å². The Hall–Kier alpha value is -2.34. The monoisotopic (exact) mass is 437 g/mol. The van der Waals surface area contributed by atoms with E-state index in [-0.39, 0.29) is 28.9 Å². The molecule has 5 rings (SSSR count). The molecule has 2 heterocycles. The Morgan fingerprint density at radius 2 is 2.22 bits per heavy atom. The fraction of sp³-hybridized carbons (Fsp3) is 0.615. The molecule has 1 aromatic carbocycles. The van der Waals surface area contributed by atoms with Crippen molar-refractivity contribution in [3.8, 4) is 5.75 Å². The number of aromatic nitrogens is 2. The van der Waals surface area contributed by atoms with Crippen LogP contribution in [-0.4, -0.2) is 35.2 Å². The number of carbonyl (C=O) groups excluding carboxylic acids is 1. The summed E-state index contributed by atoms with van der Waals surface area (Å²) in [6, 6.07) is 6.69. The second kappa shape index (κ2) is 7.91. The maximum atomic E-state index is 12.5. The van der Waals surface area contributed by atoms with Crippen molar-refractivity contribution < 1.29 is 14.3 Å². The van der Waals surface area contributed by atoms with Crippen molar-refractivity contribution in [2.24, 2.45) is 22.7 Å². The number of fused-ring (bicyclic) bond motifs is 1. The molecule has 2 bridgehead atoms. The molecule has 5 atom stereocenters. The van der Waals surface area contributed by atoms with E-state index in [0.29, 0.717) is 24.8 Å². The van der Waals surface area contributed by atoms with Gasteiger partial charge in [0.15, 0.2) is 0 Å². The smallest absolute Gasteiger partial charge is 0.219 e. The van der Waals surface area contributed by atoms with Crippen LogP contribution in [0, 0.1) is 22.7 Å². The normalized spacial score (nSPS) is 32.5. The Balaban J connectivity index is 1.48. The Labute approximate surface area is 190 Å². The number of hydrogen-bond donors (Lipinski definition) is 1. The fourth-order valence-corrected chi connectivity index (χ4v) is 7.06. The predicted molar refractivity (Wildman–Crippen MR) is 122 cm³/mol. The molecule has 6 heteroatoms. The van der Waals surface area contributed by atoms with Gasteiger partial charge in [-0.25, -0.2) is 4.98 Å². The summed E-state index contributed by atoms with van der Waals surface area (Å²) in [7, 11) is 1.72. The topological polar surface area (TPSA) is 65.4 Å². The number of carbonyl (C=O) groups is 1. The van der Waals surface area contributed by atoms with Crippen LogP contribution in [0.1, 0.15) is 63.7 Å². The van der Waals surface area contributed by atoms with Gasteiger partial charge in [-0.15, -0.1) is 0 Å². The fourth-order valence-electron chi connectivity index (χ4n) is 7.06. The van der Waals surface area contributed by atoms with E-state index in [1.54, 1.807) is 13.3 Å². The van der Waals surface area contributed by atoms with Crippen LogP contribution < -0.4 is 10.1 Å². The minimum Gasteiger partial charge on any atom is -0.496 e. The summed E-state index contributed by atoms with van der Waals surface area (Å²) in [5.41, 5.74) is 2.59. The lowest BCUT2D eigenvalue weighted by Crippen LogP contribution is -2.58. The molecule has 1 aromatic heterocycles. The highest BCUT2D eigenvalue weighted by Crippen LogP contribution is 2.70.